The summed E-state index contributed by atoms with van der Waals surface area (Å²) in [7, 11) is 0. The molecule has 1 unspecified atom stereocenters. The summed E-state index contributed by atoms with van der Waals surface area (Å²) >= 11 is 0. The van der Waals surface area contributed by atoms with Gasteiger partial charge >= 0.3 is 0 Å². The van der Waals surface area contributed by atoms with Crippen LogP contribution in [-0.4, -0.2) is 24.5 Å². The molecular formula is C18H29N. The van der Waals surface area contributed by atoms with Gasteiger partial charge in [-0.05, 0) is 43.8 Å². The predicted molar refractivity (Wildman–Crippen MR) is 83.5 cm³/mol. The molecule has 1 aliphatic rings. The number of benzene rings is 1. The molecule has 1 atom stereocenters. The Kier molecular flexibility index (Phi) is 6.43. The van der Waals surface area contributed by atoms with Crippen molar-refractivity contribution in [2.45, 2.75) is 51.9 Å². The molecule has 0 aromatic heterocycles. The number of unbranched alkanes of at least 4 members (excludes halogenated alkanes) is 4. The minimum Gasteiger partial charge on any atom is -0.303 e. The molecule has 0 saturated carbocycles. The predicted octanol–water partition coefficient (Wildman–Crippen LogP) is 4.52. The van der Waals surface area contributed by atoms with E-state index in [1.54, 1.807) is 0 Å². The quantitative estimate of drug-likeness (QED) is 0.620. The normalized spacial score (nSPS) is 19.9. The molecule has 19 heavy (non-hydrogen) atoms. The van der Waals surface area contributed by atoms with Gasteiger partial charge in [-0.3, -0.25) is 0 Å². The molecule has 106 valence electrons. The lowest BCUT2D eigenvalue weighted by Gasteiger charge is -2.15. The molecule has 1 fully saturated rings. The van der Waals surface area contributed by atoms with Crippen molar-refractivity contribution >= 4 is 0 Å². The minimum atomic E-state index is 0.887. The van der Waals surface area contributed by atoms with Crippen molar-refractivity contribution in [3.05, 3.63) is 35.9 Å². The molecule has 0 aliphatic carbocycles. The Balaban J connectivity index is 1.60. The summed E-state index contributed by atoms with van der Waals surface area (Å²) in [5.74, 6) is 0.887. The van der Waals surface area contributed by atoms with Crippen LogP contribution in [0.3, 0.4) is 0 Å². The molecule has 2 rings (SSSR count). The maximum Gasteiger partial charge on any atom is 0.00133 e. The van der Waals surface area contributed by atoms with Crippen LogP contribution in [0.15, 0.2) is 30.3 Å². The van der Waals surface area contributed by atoms with Gasteiger partial charge in [-0.2, -0.15) is 0 Å². The third kappa shape index (κ3) is 5.36. The van der Waals surface area contributed by atoms with E-state index in [4.69, 9.17) is 0 Å². The number of likely N-dealkylation sites (tertiary alicyclic amines) is 1. The van der Waals surface area contributed by atoms with E-state index < -0.39 is 0 Å². The van der Waals surface area contributed by atoms with Crippen LogP contribution in [0.4, 0.5) is 0 Å². The molecule has 0 amide bonds. The van der Waals surface area contributed by atoms with Crippen molar-refractivity contribution in [3.8, 4) is 0 Å². The van der Waals surface area contributed by atoms with Crippen molar-refractivity contribution in [1.82, 2.24) is 4.90 Å². The van der Waals surface area contributed by atoms with E-state index in [0.29, 0.717) is 0 Å². The first-order valence-electron chi connectivity index (χ1n) is 8.14. The lowest BCUT2D eigenvalue weighted by molar-refractivity contribution is 0.314. The summed E-state index contributed by atoms with van der Waals surface area (Å²) < 4.78 is 0. The van der Waals surface area contributed by atoms with Crippen LogP contribution >= 0.6 is 0 Å². The molecule has 1 heteroatoms. The molecule has 1 aromatic carbocycles. The SMILES string of the molecule is CCCCCCCN1CCC(Cc2ccccc2)C1. The van der Waals surface area contributed by atoms with Crippen molar-refractivity contribution in [2.24, 2.45) is 5.92 Å². The molecule has 1 nitrogen and oxygen atoms in total. The van der Waals surface area contributed by atoms with Gasteiger partial charge in [0.25, 0.3) is 0 Å². The fourth-order valence-electron chi connectivity index (χ4n) is 3.17. The Hall–Kier alpha value is -0.820. The fourth-order valence-corrected chi connectivity index (χ4v) is 3.17. The lowest BCUT2D eigenvalue weighted by Crippen LogP contribution is -2.22. The second-order valence-electron chi connectivity index (χ2n) is 6.06. The van der Waals surface area contributed by atoms with Crippen LogP contribution in [0.5, 0.6) is 0 Å². The third-order valence-corrected chi connectivity index (χ3v) is 4.32. The second kappa shape index (κ2) is 8.37. The molecule has 1 aliphatic heterocycles. The first-order valence-corrected chi connectivity index (χ1v) is 8.14. The topological polar surface area (TPSA) is 3.24 Å². The zero-order chi connectivity index (χ0) is 13.3. The van der Waals surface area contributed by atoms with Gasteiger partial charge in [0, 0.05) is 6.54 Å². The van der Waals surface area contributed by atoms with Gasteiger partial charge in [-0.25, -0.2) is 0 Å². The molecule has 0 N–H and O–H groups in total. The highest BCUT2D eigenvalue weighted by atomic mass is 15.1. The van der Waals surface area contributed by atoms with Crippen LogP contribution in [0, 0.1) is 5.92 Å². The van der Waals surface area contributed by atoms with Gasteiger partial charge in [0.05, 0.1) is 0 Å². The number of hydrogen-bond acceptors (Lipinski definition) is 1. The molecule has 0 radical (unpaired) electrons. The highest BCUT2D eigenvalue weighted by molar-refractivity contribution is 5.15. The summed E-state index contributed by atoms with van der Waals surface area (Å²) in [6, 6.07) is 11.0. The molecule has 1 heterocycles. The van der Waals surface area contributed by atoms with Gasteiger partial charge in [0.1, 0.15) is 0 Å². The molecular weight excluding hydrogens is 230 g/mol. The number of rotatable bonds is 8. The Bertz CT molecular complexity index is 333. The minimum absolute atomic E-state index is 0.887. The standard InChI is InChI=1S/C18H29N/c1-2-3-4-5-9-13-19-14-12-18(16-19)15-17-10-7-6-8-11-17/h6-8,10-11,18H,2-5,9,12-16H2,1H3. The number of nitrogens with zero attached hydrogens (tertiary/aromatic N) is 1. The zero-order valence-electron chi connectivity index (χ0n) is 12.5. The van der Waals surface area contributed by atoms with Gasteiger partial charge in [0.15, 0.2) is 0 Å². The maximum atomic E-state index is 2.68. The van der Waals surface area contributed by atoms with Crippen LogP contribution in [0.2, 0.25) is 0 Å². The lowest BCUT2D eigenvalue weighted by atomic mass is 9.99. The van der Waals surface area contributed by atoms with E-state index >= 15 is 0 Å². The Morgan fingerprint density at radius 1 is 1.05 bits per heavy atom. The van der Waals surface area contributed by atoms with Crippen molar-refractivity contribution in [2.75, 3.05) is 19.6 Å². The van der Waals surface area contributed by atoms with Gasteiger partial charge in [-0.1, -0.05) is 62.9 Å². The fraction of sp³-hybridized carbons (Fsp3) is 0.667. The van der Waals surface area contributed by atoms with E-state index in [-0.39, 0.29) is 0 Å². The molecule has 0 bridgehead atoms. The summed E-state index contributed by atoms with van der Waals surface area (Å²) in [5.41, 5.74) is 1.51. The molecule has 0 spiro atoms. The van der Waals surface area contributed by atoms with Crippen LogP contribution in [0.25, 0.3) is 0 Å². The zero-order valence-corrected chi connectivity index (χ0v) is 12.5. The monoisotopic (exact) mass is 259 g/mol. The highest BCUT2D eigenvalue weighted by Crippen LogP contribution is 2.21. The van der Waals surface area contributed by atoms with E-state index in [9.17, 15) is 0 Å². The Morgan fingerprint density at radius 2 is 1.84 bits per heavy atom. The van der Waals surface area contributed by atoms with Crippen LogP contribution < -0.4 is 0 Å². The molecule has 1 saturated heterocycles. The largest absolute Gasteiger partial charge is 0.303 e. The van der Waals surface area contributed by atoms with E-state index in [2.05, 4.69) is 42.2 Å². The first kappa shape index (κ1) is 14.6. The second-order valence-corrected chi connectivity index (χ2v) is 6.06. The van der Waals surface area contributed by atoms with E-state index in [0.717, 1.165) is 5.92 Å². The average Bonchev–Trinajstić information content (AvgIpc) is 2.87. The summed E-state index contributed by atoms with van der Waals surface area (Å²) in [5, 5.41) is 0. The van der Waals surface area contributed by atoms with Gasteiger partial charge in [-0.15, -0.1) is 0 Å². The van der Waals surface area contributed by atoms with Gasteiger partial charge < -0.3 is 4.90 Å². The smallest absolute Gasteiger partial charge is 0.00133 e. The third-order valence-electron chi connectivity index (χ3n) is 4.32. The Labute approximate surface area is 119 Å². The summed E-state index contributed by atoms with van der Waals surface area (Å²) in [6.45, 7) is 6.26. The Morgan fingerprint density at radius 3 is 2.63 bits per heavy atom. The molecule has 1 aromatic rings. The van der Waals surface area contributed by atoms with Crippen molar-refractivity contribution in [3.63, 3.8) is 0 Å². The van der Waals surface area contributed by atoms with Crippen LogP contribution in [-0.2, 0) is 6.42 Å². The van der Waals surface area contributed by atoms with Crippen molar-refractivity contribution in [1.29, 1.82) is 0 Å². The summed E-state index contributed by atoms with van der Waals surface area (Å²) in [4.78, 5) is 2.68. The summed E-state index contributed by atoms with van der Waals surface area (Å²) in [6.07, 6.45) is 9.68. The van der Waals surface area contributed by atoms with Crippen molar-refractivity contribution < 1.29 is 0 Å². The first-order chi connectivity index (χ1) is 9.38. The average molecular weight is 259 g/mol. The highest BCUT2D eigenvalue weighted by Gasteiger charge is 2.21. The number of hydrogen-bond donors (Lipinski definition) is 0. The maximum absolute atomic E-state index is 2.68. The van der Waals surface area contributed by atoms with E-state index in [1.807, 2.05) is 0 Å². The van der Waals surface area contributed by atoms with Gasteiger partial charge in [0.2, 0.25) is 0 Å². The van der Waals surface area contributed by atoms with Crippen LogP contribution in [0.1, 0.15) is 51.0 Å². The van der Waals surface area contributed by atoms with E-state index in [1.165, 1.54) is 70.1 Å².